The SMILES string of the molecule is CCC(C)n1ccnc1SCCC(=O)O. The Bertz CT molecular complexity index is 325. The van der Waals surface area contributed by atoms with Crippen molar-refractivity contribution in [2.24, 2.45) is 0 Å². The predicted octanol–water partition coefficient (Wildman–Crippen LogP) is 2.42. The van der Waals surface area contributed by atoms with Gasteiger partial charge in [0.1, 0.15) is 0 Å². The number of imidazole rings is 1. The molecule has 1 aromatic rings. The van der Waals surface area contributed by atoms with E-state index in [1.807, 2.05) is 6.20 Å². The second-order valence-electron chi connectivity index (χ2n) is 3.37. The number of carboxylic acids is 1. The highest BCUT2D eigenvalue weighted by atomic mass is 32.2. The van der Waals surface area contributed by atoms with Gasteiger partial charge in [-0.2, -0.15) is 0 Å². The van der Waals surface area contributed by atoms with Gasteiger partial charge in [-0.05, 0) is 13.3 Å². The van der Waals surface area contributed by atoms with Crippen LogP contribution in [-0.4, -0.2) is 26.4 Å². The van der Waals surface area contributed by atoms with E-state index >= 15 is 0 Å². The summed E-state index contributed by atoms with van der Waals surface area (Å²) in [5.74, 6) is -0.188. The molecule has 1 N–H and O–H groups in total. The van der Waals surface area contributed by atoms with Crippen LogP contribution in [0.25, 0.3) is 0 Å². The fraction of sp³-hybridized carbons (Fsp3) is 0.600. The van der Waals surface area contributed by atoms with E-state index in [0.29, 0.717) is 11.8 Å². The molecule has 15 heavy (non-hydrogen) atoms. The number of thioether (sulfide) groups is 1. The molecule has 1 rings (SSSR count). The maximum absolute atomic E-state index is 10.4. The van der Waals surface area contributed by atoms with E-state index in [1.54, 1.807) is 6.20 Å². The summed E-state index contributed by atoms with van der Waals surface area (Å²) in [7, 11) is 0. The first-order valence-corrected chi connectivity index (χ1v) is 6.01. The molecule has 1 atom stereocenters. The second kappa shape index (κ2) is 5.80. The second-order valence-corrected chi connectivity index (χ2v) is 4.43. The average Bonchev–Trinajstić information content (AvgIpc) is 2.64. The Morgan fingerprint density at radius 1 is 1.73 bits per heavy atom. The highest BCUT2D eigenvalue weighted by Gasteiger charge is 2.09. The first-order valence-electron chi connectivity index (χ1n) is 5.02. The van der Waals surface area contributed by atoms with Gasteiger partial charge >= 0.3 is 5.97 Å². The lowest BCUT2D eigenvalue weighted by Gasteiger charge is -2.13. The first-order chi connectivity index (χ1) is 7.15. The first kappa shape index (κ1) is 12.1. The molecule has 0 radical (unpaired) electrons. The fourth-order valence-corrected chi connectivity index (χ4v) is 2.16. The van der Waals surface area contributed by atoms with Crippen molar-refractivity contribution < 1.29 is 9.90 Å². The molecule has 0 saturated heterocycles. The van der Waals surface area contributed by atoms with Crippen LogP contribution in [0.1, 0.15) is 32.7 Å². The summed E-state index contributed by atoms with van der Waals surface area (Å²) in [6.45, 7) is 4.25. The van der Waals surface area contributed by atoms with E-state index in [1.165, 1.54) is 11.8 Å². The highest BCUT2D eigenvalue weighted by molar-refractivity contribution is 7.99. The summed E-state index contributed by atoms with van der Waals surface area (Å²) in [4.78, 5) is 14.6. The van der Waals surface area contributed by atoms with Crippen LogP contribution < -0.4 is 0 Å². The minimum Gasteiger partial charge on any atom is -0.481 e. The third-order valence-electron chi connectivity index (χ3n) is 2.25. The smallest absolute Gasteiger partial charge is 0.304 e. The maximum atomic E-state index is 10.4. The number of carbonyl (C=O) groups is 1. The highest BCUT2D eigenvalue weighted by Crippen LogP contribution is 2.21. The Balaban J connectivity index is 2.53. The van der Waals surface area contributed by atoms with E-state index < -0.39 is 5.97 Å². The molecule has 0 spiro atoms. The molecule has 1 heterocycles. The molecule has 0 saturated carbocycles. The Morgan fingerprint density at radius 2 is 2.47 bits per heavy atom. The number of hydrogen-bond donors (Lipinski definition) is 1. The molecule has 0 amide bonds. The summed E-state index contributed by atoms with van der Waals surface area (Å²) in [6, 6.07) is 0.417. The Hall–Kier alpha value is -0.970. The molecule has 5 heteroatoms. The fourth-order valence-electron chi connectivity index (χ4n) is 1.17. The minimum atomic E-state index is -0.760. The number of aromatic nitrogens is 2. The van der Waals surface area contributed by atoms with Crippen molar-refractivity contribution in [1.82, 2.24) is 9.55 Å². The van der Waals surface area contributed by atoms with Gasteiger partial charge in [0.2, 0.25) is 0 Å². The van der Waals surface area contributed by atoms with Crippen molar-refractivity contribution in [2.75, 3.05) is 5.75 Å². The van der Waals surface area contributed by atoms with Crippen LogP contribution in [0.2, 0.25) is 0 Å². The summed E-state index contributed by atoms with van der Waals surface area (Å²) < 4.78 is 2.09. The molecule has 0 aliphatic carbocycles. The van der Waals surface area contributed by atoms with Crippen molar-refractivity contribution in [3.8, 4) is 0 Å². The molecule has 0 aliphatic rings. The van der Waals surface area contributed by atoms with E-state index in [4.69, 9.17) is 5.11 Å². The van der Waals surface area contributed by atoms with Gasteiger partial charge < -0.3 is 9.67 Å². The quantitative estimate of drug-likeness (QED) is 0.760. The van der Waals surface area contributed by atoms with Crippen LogP contribution in [0.4, 0.5) is 0 Å². The molecule has 84 valence electrons. The number of nitrogens with zero attached hydrogens (tertiary/aromatic N) is 2. The monoisotopic (exact) mass is 228 g/mol. The van der Waals surface area contributed by atoms with E-state index in [-0.39, 0.29) is 6.42 Å². The van der Waals surface area contributed by atoms with E-state index in [2.05, 4.69) is 23.4 Å². The average molecular weight is 228 g/mol. The molecular weight excluding hydrogens is 212 g/mol. The molecule has 1 unspecified atom stereocenters. The lowest BCUT2D eigenvalue weighted by molar-refractivity contribution is -0.136. The van der Waals surface area contributed by atoms with Crippen molar-refractivity contribution >= 4 is 17.7 Å². The molecule has 0 fully saturated rings. The van der Waals surface area contributed by atoms with Crippen LogP contribution >= 0.6 is 11.8 Å². The number of carboxylic acid groups (broad SMARTS) is 1. The number of aliphatic carboxylic acids is 1. The Kier molecular flexibility index (Phi) is 4.68. The van der Waals surface area contributed by atoms with Gasteiger partial charge in [0, 0.05) is 24.2 Å². The largest absolute Gasteiger partial charge is 0.481 e. The summed E-state index contributed by atoms with van der Waals surface area (Å²) in [6.07, 6.45) is 4.92. The van der Waals surface area contributed by atoms with Gasteiger partial charge in [0.05, 0.1) is 6.42 Å². The molecule has 0 bridgehead atoms. The standard InChI is InChI=1S/C10H16N2O2S/c1-3-8(2)12-6-5-11-10(12)15-7-4-9(13)14/h5-6,8H,3-4,7H2,1-2H3,(H,13,14). The van der Waals surface area contributed by atoms with Crippen molar-refractivity contribution in [3.05, 3.63) is 12.4 Å². The van der Waals surface area contributed by atoms with Gasteiger partial charge in [0.25, 0.3) is 0 Å². The predicted molar refractivity (Wildman–Crippen MR) is 60.2 cm³/mol. The third kappa shape index (κ3) is 3.58. The van der Waals surface area contributed by atoms with Crippen LogP contribution in [0.15, 0.2) is 17.6 Å². The summed E-state index contributed by atoms with van der Waals surface area (Å²) in [5.41, 5.74) is 0. The third-order valence-corrected chi connectivity index (χ3v) is 3.23. The topological polar surface area (TPSA) is 55.1 Å². The Morgan fingerprint density at radius 3 is 3.07 bits per heavy atom. The van der Waals surface area contributed by atoms with Crippen LogP contribution in [0, 0.1) is 0 Å². The van der Waals surface area contributed by atoms with Crippen molar-refractivity contribution in [1.29, 1.82) is 0 Å². The zero-order valence-electron chi connectivity index (χ0n) is 9.01. The maximum Gasteiger partial charge on any atom is 0.304 e. The van der Waals surface area contributed by atoms with Crippen molar-refractivity contribution in [3.63, 3.8) is 0 Å². The van der Waals surface area contributed by atoms with E-state index in [0.717, 1.165) is 11.6 Å². The lowest BCUT2D eigenvalue weighted by atomic mass is 10.3. The number of hydrogen-bond acceptors (Lipinski definition) is 3. The van der Waals surface area contributed by atoms with Crippen LogP contribution in [0.3, 0.4) is 0 Å². The zero-order chi connectivity index (χ0) is 11.3. The van der Waals surface area contributed by atoms with Crippen LogP contribution in [0.5, 0.6) is 0 Å². The minimum absolute atomic E-state index is 0.179. The van der Waals surface area contributed by atoms with Gasteiger partial charge in [-0.15, -0.1) is 0 Å². The van der Waals surface area contributed by atoms with Crippen molar-refractivity contribution in [2.45, 2.75) is 37.9 Å². The zero-order valence-corrected chi connectivity index (χ0v) is 9.83. The van der Waals surface area contributed by atoms with Gasteiger partial charge in [-0.25, -0.2) is 4.98 Å². The molecule has 4 nitrogen and oxygen atoms in total. The summed E-state index contributed by atoms with van der Waals surface area (Å²) >= 11 is 1.50. The van der Waals surface area contributed by atoms with E-state index in [9.17, 15) is 4.79 Å². The van der Waals surface area contributed by atoms with Gasteiger partial charge in [0.15, 0.2) is 5.16 Å². The Labute approximate surface area is 93.7 Å². The van der Waals surface area contributed by atoms with Gasteiger partial charge in [-0.3, -0.25) is 4.79 Å². The lowest BCUT2D eigenvalue weighted by Crippen LogP contribution is -2.05. The number of rotatable bonds is 6. The normalized spacial score (nSPS) is 12.7. The summed E-state index contributed by atoms with van der Waals surface area (Å²) in [5, 5.41) is 9.43. The molecule has 1 aromatic heterocycles. The molecular formula is C10H16N2O2S. The molecule has 0 aliphatic heterocycles. The molecule has 0 aromatic carbocycles. The van der Waals surface area contributed by atoms with Gasteiger partial charge in [-0.1, -0.05) is 18.7 Å². The van der Waals surface area contributed by atoms with Crippen LogP contribution in [-0.2, 0) is 4.79 Å².